The first-order valence-corrected chi connectivity index (χ1v) is 12.5. The summed E-state index contributed by atoms with van der Waals surface area (Å²) in [4.78, 5) is 11.2. The Morgan fingerprint density at radius 1 is 0.971 bits per heavy atom. The van der Waals surface area contributed by atoms with Crippen LogP contribution in [0, 0.1) is 5.82 Å². The Hall–Kier alpha value is -3.53. The second-order valence-electron chi connectivity index (χ2n) is 7.93. The van der Waals surface area contributed by atoms with Crippen molar-refractivity contribution < 1.29 is 4.39 Å². The number of pyridine rings is 2. The summed E-state index contributed by atoms with van der Waals surface area (Å²) < 4.78 is 14.3. The van der Waals surface area contributed by atoms with E-state index in [1.165, 1.54) is 6.07 Å². The van der Waals surface area contributed by atoms with Gasteiger partial charge in [-0.25, -0.2) is 4.39 Å². The van der Waals surface area contributed by atoms with Crippen molar-refractivity contribution in [2.24, 2.45) is 0 Å². The molecule has 0 aliphatic rings. The fourth-order valence-electron chi connectivity index (χ4n) is 3.77. The lowest BCUT2D eigenvalue weighted by atomic mass is 10.0. The van der Waals surface area contributed by atoms with E-state index >= 15 is 0 Å². The molecule has 0 atom stereocenters. The second-order valence-corrected chi connectivity index (χ2v) is 7.93. The average Bonchev–Trinajstić information content (AvgIpc) is 2.90. The van der Waals surface area contributed by atoms with Crippen molar-refractivity contribution in [1.29, 1.82) is 0 Å². The van der Waals surface area contributed by atoms with Gasteiger partial charge in [-0.1, -0.05) is 58.6 Å². The van der Waals surface area contributed by atoms with Crippen LogP contribution in [0.4, 0.5) is 4.39 Å². The Bertz CT molecular complexity index is 1140. The summed E-state index contributed by atoms with van der Waals surface area (Å²) in [6, 6.07) is 12.6. The standard InChI is InChI=1S/C29H32FN3.C2H6/c1-5-16-33(17-6-2)22(4)12-13-23(7-3)25-18-26(21-31-20-25)24-14-15-32-29(19-24)27-10-8-9-11-28(27)30;1-2/h7-15,18-21H,4-6,16-17H2,1-3H3;1-2H3/b13-12-,23-7+;. The Morgan fingerprint density at radius 3 is 2.34 bits per heavy atom. The lowest BCUT2D eigenvalue weighted by Crippen LogP contribution is -2.23. The van der Waals surface area contributed by atoms with Gasteiger partial charge in [-0.15, -0.1) is 0 Å². The molecule has 2 heterocycles. The molecule has 4 heteroatoms. The van der Waals surface area contributed by atoms with E-state index in [1.54, 1.807) is 18.3 Å². The average molecular weight is 472 g/mol. The molecule has 1 aromatic carbocycles. The van der Waals surface area contributed by atoms with Crippen molar-refractivity contribution in [1.82, 2.24) is 14.9 Å². The van der Waals surface area contributed by atoms with Crippen LogP contribution in [0.3, 0.4) is 0 Å². The maximum absolute atomic E-state index is 14.3. The Labute approximate surface area is 210 Å². The van der Waals surface area contributed by atoms with Crippen molar-refractivity contribution in [3.05, 3.63) is 103 Å². The van der Waals surface area contributed by atoms with Crippen LogP contribution >= 0.6 is 0 Å². The van der Waals surface area contributed by atoms with Gasteiger partial charge in [-0.05, 0) is 67.3 Å². The predicted molar refractivity (Wildman–Crippen MR) is 148 cm³/mol. The first-order valence-electron chi connectivity index (χ1n) is 12.5. The monoisotopic (exact) mass is 471 g/mol. The van der Waals surface area contributed by atoms with Crippen LogP contribution in [-0.2, 0) is 0 Å². The molecule has 0 unspecified atom stereocenters. The first-order chi connectivity index (χ1) is 17.1. The molecule has 3 rings (SSSR count). The fraction of sp³-hybridized carbons (Fsp3) is 0.290. The SMILES string of the molecule is C=C(/C=C\C(=C/C)c1cncc(-c2ccnc(-c3ccccc3F)c2)c1)N(CCC)CCC.CC. The number of hydrogen-bond acceptors (Lipinski definition) is 3. The summed E-state index contributed by atoms with van der Waals surface area (Å²) in [6.45, 7) is 16.7. The van der Waals surface area contributed by atoms with E-state index in [2.05, 4.69) is 59.6 Å². The van der Waals surface area contributed by atoms with E-state index in [9.17, 15) is 4.39 Å². The lowest BCUT2D eigenvalue weighted by Gasteiger charge is -2.23. The molecular formula is C31H38FN3. The lowest BCUT2D eigenvalue weighted by molar-refractivity contribution is 0.356. The number of aromatic nitrogens is 2. The molecule has 0 saturated carbocycles. The molecule has 0 aliphatic carbocycles. The van der Waals surface area contributed by atoms with Crippen molar-refractivity contribution in [3.8, 4) is 22.4 Å². The van der Waals surface area contributed by atoms with Crippen molar-refractivity contribution in [2.75, 3.05) is 13.1 Å². The summed E-state index contributed by atoms with van der Waals surface area (Å²) in [5.74, 6) is -0.282. The first kappa shape index (κ1) is 27.7. The molecular weight excluding hydrogens is 433 g/mol. The van der Waals surface area contributed by atoms with E-state index in [4.69, 9.17) is 0 Å². The maximum atomic E-state index is 14.3. The van der Waals surface area contributed by atoms with E-state index in [-0.39, 0.29) is 5.82 Å². The highest BCUT2D eigenvalue weighted by Crippen LogP contribution is 2.28. The zero-order chi connectivity index (χ0) is 25.6. The van der Waals surface area contributed by atoms with Crippen LogP contribution in [0.15, 0.2) is 91.6 Å². The molecule has 0 aliphatic heterocycles. The third-order valence-electron chi connectivity index (χ3n) is 5.47. The third-order valence-corrected chi connectivity index (χ3v) is 5.47. The van der Waals surface area contributed by atoms with Crippen LogP contribution in [0.2, 0.25) is 0 Å². The second kappa shape index (κ2) is 14.7. The van der Waals surface area contributed by atoms with Gasteiger partial charge >= 0.3 is 0 Å². The van der Waals surface area contributed by atoms with Crippen LogP contribution in [-0.4, -0.2) is 28.0 Å². The molecule has 0 radical (unpaired) electrons. The number of hydrogen-bond donors (Lipinski definition) is 0. The molecule has 0 saturated heterocycles. The summed E-state index contributed by atoms with van der Waals surface area (Å²) in [5, 5.41) is 0. The van der Waals surface area contributed by atoms with Gasteiger partial charge in [0.2, 0.25) is 0 Å². The Kier molecular flexibility index (Phi) is 11.6. The summed E-state index contributed by atoms with van der Waals surface area (Å²) >= 11 is 0. The predicted octanol–water partition coefficient (Wildman–Crippen LogP) is 8.57. The highest BCUT2D eigenvalue weighted by atomic mass is 19.1. The Morgan fingerprint density at radius 2 is 1.69 bits per heavy atom. The van der Waals surface area contributed by atoms with Gasteiger partial charge in [0, 0.05) is 54.1 Å². The highest BCUT2D eigenvalue weighted by molar-refractivity contribution is 5.78. The van der Waals surface area contributed by atoms with Crippen molar-refractivity contribution in [3.63, 3.8) is 0 Å². The number of rotatable bonds is 10. The van der Waals surface area contributed by atoms with Gasteiger partial charge in [0.05, 0.1) is 5.69 Å². The Balaban J connectivity index is 0.00000210. The number of halogens is 1. The molecule has 35 heavy (non-hydrogen) atoms. The topological polar surface area (TPSA) is 29.0 Å². The van der Waals surface area contributed by atoms with Gasteiger partial charge in [0.1, 0.15) is 5.82 Å². The minimum absolute atomic E-state index is 0.282. The quantitative estimate of drug-likeness (QED) is 0.277. The normalized spacial score (nSPS) is 11.2. The minimum Gasteiger partial charge on any atom is -0.372 e. The van der Waals surface area contributed by atoms with Gasteiger partial charge in [0.25, 0.3) is 0 Å². The molecule has 0 spiro atoms. The molecule has 3 aromatic rings. The summed E-state index contributed by atoms with van der Waals surface area (Å²) in [6.07, 6.45) is 13.8. The molecule has 0 fully saturated rings. The van der Waals surface area contributed by atoms with Gasteiger partial charge in [-0.3, -0.25) is 9.97 Å². The largest absolute Gasteiger partial charge is 0.372 e. The molecule has 0 amide bonds. The van der Waals surface area contributed by atoms with E-state index in [1.807, 2.05) is 51.4 Å². The van der Waals surface area contributed by atoms with Crippen LogP contribution in [0.1, 0.15) is 53.0 Å². The fourth-order valence-corrected chi connectivity index (χ4v) is 3.77. The van der Waals surface area contributed by atoms with E-state index < -0.39 is 0 Å². The van der Waals surface area contributed by atoms with Crippen LogP contribution in [0.25, 0.3) is 28.0 Å². The van der Waals surface area contributed by atoms with Crippen LogP contribution < -0.4 is 0 Å². The van der Waals surface area contributed by atoms with Gasteiger partial charge in [-0.2, -0.15) is 0 Å². The molecule has 2 aromatic heterocycles. The molecule has 3 nitrogen and oxygen atoms in total. The van der Waals surface area contributed by atoms with E-state index in [0.717, 1.165) is 53.9 Å². The summed E-state index contributed by atoms with van der Waals surface area (Å²) in [5.41, 5.74) is 6.10. The minimum atomic E-state index is -0.282. The molecule has 0 N–H and O–H groups in total. The zero-order valence-electron chi connectivity index (χ0n) is 21.8. The third kappa shape index (κ3) is 7.74. The number of allylic oxidation sites excluding steroid dienone is 4. The van der Waals surface area contributed by atoms with Gasteiger partial charge in [0.15, 0.2) is 0 Å². The smallest absolute Gasteiger partial charge is 0.132 e. The number of benzene rings is 1. The zero-order valence-corrected chi connectivity index (χ0v) is 21.8. The number of nitrogens with zero attached hydrogens (tertiary/aromatic N) is 3. The van der Waals surface area contributed by atoms with E-state index in [0.29, 0.717) is 11.3 Å². The van der Waals surface area contributed by atoms with Crippen molar-refractivity contribution in [2.45, 2.75) is 47.5 Å². The summed E-state index contributed by atoms with van der Waals surface area (Å²) in [7, 11) is 0. The highest BCUT2D eigenvalue weighted by Gasteiger charge is 2.09. The molecule has 184 valence electrons. The van der Waals surface area contributed by atoms with Crippen LogP contribution in [0.5, 0.6) is 0 Å². The maximum Gasteiger partial charge on any atom is 0.132 e. The molecule has 0 bridgehead atoms. The van der Waals surface area contributed by atoms with Crippen molar-refractivity contribution >= 4 is 5.57 Å². The van der Waals surface area contributed by atoms with Gasteiger partial charge < -0.3 is 4.90 Å².